The molecular formula is C16H23NO2. The second-order valence-electron chi connectivity index (χ2n) is 6.21. The zero-order valence-corrected chi connectivity index (χ0v) is 11.8. The lowest BCUT2D eigenvalue weighted by Gasteiger charge is -2.49. The first-order valence-corrected chi connectivity index (χ1v) is 7.23. The van der Waals surface area contributed by atoms with Crippen LogP contribution in [-0.2, 0) is 4.74 Å². The molecule has 3 nitrogen and oxygen atoms in total. The first kappa shape index (κ1) is 12.9. The van der Waals surface area contributed by atoms with Crippen molar-refractivity contribution in [2.45, 2.75) is 56.8 Å². The molecule has 1 aromatic carbocycles. The molecule has 0 radical (unpaired) electrons. The third-order valence-electron chi connectivity index (χ3n) is 4.69. The van der Waals surface area contributed by atoms with Gasteiger partial charge in [0.05, 0.1) is 12.2 Å². The van der Waals surface area contributed by atoms with E-state index >= 15 is 0 Å². The molecule has 19 heavy (non-hydrogen) atoms. The molecule has 2 N–H and O–H groups in total. The molecule has 2 aliphatic rings. The van der Waals surface area contributed by atoms with Crippen LogP contribution in [0.4, 0.5) is 0 Å². The van der Waals surface area contributed by atoms with E-state index in [-0.39, 0.29) is 17.2 Å². The number of rotatable bonds is 1. The summed E-state index contributed by atoms with van der Waals surface area (Å²) in [5.74, 6) is 0.960. The quantitative estimate of drug-likeness (QED) is 0.844. The van der Waals surface area contributed by atoms with Crippen molar-refractivity contribution in [2.24, 2.45) is 5.73 Å². The van der Waals surface area contributed by atoms with E-state index in [1.807, 2.05) is 18.2 Å². The van der Waals surface area contributed by atoms with Crippen LogP contribution in [0.5, 0.6) is 5.75 Å². The van der Waals surface area contributed by atoms with Crippen LogP contribution in [0.2, 0.25) is 0 Å². The molecule has 0 amide bonds. The summed E-state index contributed by atoms with van der Waals surface area (Å²) < 4.78 is 12.3. The van der Waals surface area contributed by atoms with E-state index in [2.05, 4.69) is 19.9 Å². The normalized spacial score (nSPS) is 37.7. The Morgan fingerprint density at radius 1 is 1.37 bits per heavy atom. The molecule has 0 aromatic heterocycles. The van der Waals surface area contributed by atoms with Gasteiger partial charge in [0.25, 0.3) is 0 Å². The van der Waals surface area contributed by atoms with Crippen molar-refractivity contribution in [2.75, 3.05) is 6.61 Å². The summed E-state index contributed by atoms with van der Waals surface area (Å²) in [5.41, 5.74) is 7.28. The molecule has 2 aliphatic heterocycles. The molecule has 0 aliphatic carbocycles. The summed E-state index contributed by atoms with van der Waals surface area (Å²) in [6.45, 7) is 5.12. The zero-order valence-electron chi connectivity index (χ0n) is 11.8. The summed E-state index contributed by atoms with van der Waals surface area (Å²) in [4.78, 5) is 0. The Bertz CT molecular complexity index is 476. The van der Waals surface area contributed by atoms with Crippen LogP contribution in [0.1, 0.15) is 51.1 Å². The predicted octanol–water partition coefficient (Wildman–Crippen LogP) is 3.19. The molecule has 2 heterocycles. The molecule has 0 saturated carbocycles. The SMILES string of the molecule is CCC1(C)CC2(CCO1)CC(N)c1ccccc1O2. The number of hydrogen-bond donors (Lipinski definition) is 1. The van der Waals surface area contributed by atoms with Crippen molar-refractivity contribution in [1.82, 2.24) is 0 Å². The van der Waals surface area contributed by atoms with Gasteiger partial charge in [-0.2, -0.15) is 0 Å². The molecule has 3 rings (SSSR count). The Kier molecular flexibility index (Phi) is 3.06. The minimum atomic E-state index is -0.142. The lowest BCUT2D eigenvalue weighted by atomic mass is 9.75. The first-order valence-electron chi connectivity index (χ1n) is 7.23. The molecule has 1 fully saturated rings. The first-order chi connectivity index (χ1) is 9.06. The number of hydrogen-bond acceptors (Lipinski definition) is 3. The molecule has 1 spiro atoms. The zero-order chi connectivity index (χ0) is 13.5. The van der Waals surface area contributed by atoms with Gasteiger partial charge >= 0.3 is 0 Å². The highest BCUT2D eigenvalue weighted by Crippen LogP contribution is 2.46. The highest BCUT2D eigenvalue weighted by Gasteiger charge is 2.47. The van der Waals surface area contributed by atoms with Crippen molar-refractivity contribution in [3.8, 4) is 5.75 Å². The molecule has 0 bridgehead atoms. The Morgan fingerprint density at radius 2 is 2.16 bits per heavy atom. The summed E-state index contributed by atoms with van der Waals surface area (Å²) in [5, 5.41) is 0. The largest absolute Gasteiger partial charge is 0.487 e. The average Bonchev–Trinajstić information content (AvgIpc) is 2.38. The minimum Gasteiger partial charge on any atom is -0.487 e. The van der Waals surface area contributed by atoms with Gasteiger partial charge in [-0.3, -0.25) is 0 Å². The lowest BCUT2D eigenvalue weighted by molar-refractivity contribution is -0.151. The molecule has 1 saturated heterocycles. The van der Waals surface area contributed by atoms with Crippen molar-refractivity contribution >= 4 is 0 Å². The minimum absolute atomic E-state index is 0.0733. The third kappa shape index (κ3) is 2.26. The summed E-state index contributed by atoms with van der Waals surface area (Å²) in [6, 6.07) is 8.23. The monoisotopic (exact) mass is 261 g/mol. The van der Waals surface area contributed by atoms with Gasteiger partial charge in [0.15, 0.2) is 0 Å². The van der Waals surface area contributed by atoms with Crippen molar-refractivity contribution < 1.29 is 9.47 Å². The highest BCUT2D eigenvalue weighted by molar-refractivity contribution is 5.38. The number of fused-ring (bicyclic) bond motifs is 1. The van der Waals surface area contributed by atoms with Crippen LogP contribution in [0.25, 0.3) is 0 Å². The fourth-order valence-corrected chi connectivity index (χ4v) is 3.46. The van der Waals surface area contributed by atoms with Crippen molar-refractivity contribution in [1.29, 1.82) is 0 Å². The van der Waals surface area contributed by atoms with E-state index in [9.17, 15) is 0 Å². The standard InChI is InChI=1S/C16H23NO2/c1-3-15(2)11-16(8-9-18-15)10-13(17)12-6-4-5-7-14(12)19-16/h4-7,13H,3,8-11,17H2,1-2H3. The molecule has 1 aromatic rings. The highest BCUT2D eigenvalue weighted by atomic mass is 16.5. The Morgan fingerprint density at radius 3 is 2.95 bits per heavy atom. The van der Waals surface area contributed by atoms with Gasteiger partial charge in [-0.25, -0.2) is 0 Å². The number of para-hydroxylation sites is 1. The molecule has 3 atom stereocenters. The maximum absolute atomic E-state index is 6.37. The maximum Gasteiger partial charge on any atom is 0.124 e. The molecular weight excluding hydrogens is 238 g/mol. The van der Waals surface area contributed by atoms with Crippen LogP contribution in [-0.4, -0.2) is 17.8 Å². The van der Waals surface area contributed by atoms with Gasteiger partial charge in [-0.1, -0.05) is 25.1 Å². The topological polar surface area (TPSA) is 44.5 Å². The Labute approximate surface area is 115 Å². The van der Waals surface area contributed by atoms with Crippen LogP contribution >= 0.6 is 0 Å². The second kappa shape index (κ2) is 4.50. The molecule has 104 valence electrons. The number of ether oxygens (including phenoxy) is 2. The second-order valence-corrected chi connectivity index (χ2v) is 6.21. The van der Waals surface area contributed by atoms with Gasteiger partial charge < -0.3 is 15.2 Å². The summed E-state index contributed by atoms with van der Waals surface area (Å²) in [7, 11) is 0. The Balaban J connectivity index is 1.91. The Hall–Kier alpha value is -1.06. The smallest absolute Gasteiger partial charge is 0.124 e. The van der Waals surface area contributed by atoms with Crippen LogP contribution in [0, 0.1) is 0 Å². The predicted molar refractivity (Wildman–Crippen MR) is 75.2 cm³/mol. The van der Waals surface area contributed by atoms with Crippen LogP contribution < -0.4 is 10.5 Å². The van der Waals surface area contributed by atoms with Gasteiger partial charge in [0.2, 0.25) is 0 Å². The van der Waals surface area contributed by atoms with E-state index in [0.717, 1.165) is 43.6 Å². The fraction of sp³-hybridized carbons (Fsp3) is 0.625. The lowest BCUT2D eigenvalue weighted by Crippen LogP contribution is -2.53. The fourth-order valence-electron chi connectivity index (χ4n) is 3.46. The van der Waals surface area contributed by atoms with E-state index in [1.54, 1.807) is 0 Å². The van der Waals surface area contributed by atoms with Gasteiger partial charge in [0.1, 0.15) is 11.4 Å². The van der Waals surface area contributed by atoms with Crippen molar-refractivity contribution in [3.63, 3.8) is 0 Å². The van der Waals surface area contributed by atoms with E-state index in [1.165, 1.54) is 0 Å². The molecule has 3 unspecified atom stereocenters. The molecule has 3 heteroatoms. The van der Waals surface area contributed by atoms with Gasteiger partial charge in [0, 0.05) is 30.9 Å². The maximum atomic E-state index is 6.37. The van der Waals surface area contributed by atoms with Gasteiger partial charge in [-0.05, 0) is 19.4 Å². The summed E-state index contributed by atoms with van der Waals surface area (Å²) >= 11 is 0. The van der Waals surface area contributed by atoms with E-state index in [4.69, 9.17) is 15.2 Å². The number of benzene rings is 1. The van der Waals surface area contributed by atoms with Gasteiger partial charge in [-0.15, -0.1) is 0 Å². The third-order valence-corrected chi connectivity index (χ3v) is 4.69. The van der Waals surface area contributed by atoms with Crippen LogP contribution in [0.3, 0.4) is 0 Å². The van der Waals surface area contributed by atoms with Crippen molar-refractivity contribution in [3.05, 3.63) is 29.8 Å². The average molecular weight is 261 g/mol. The summed E-state index contributed by atoms with van der Waals surface area (Å²) in [6.07, 6.45) is 3.76. The van der Waals surface area contributed by atoms with Crippen LogP contribution in [0.15, 0.2) is 24.3 Å². The van der Waals surface area contributed by atoms with E-state index in [0.29, 0.717) is 0 Å². The van der Waals surface area contributed by atoms with E-state index < -0.39 is 0 Å². The number of nitrogens with two attached hydrogens (primary N) is 1.